The van der Waals surface area contributed by atoms with Crippen LogP contribution in [-0.4, -0.2) is 24.5 Å². The highest BCUT2D eigenvalue weighted by Gasteiger charge is 2.24. The molecule has 1 fully saturated rings. The Balaban J connectivity index is 1.46. The molecule has 5 nitrogen and oxygen atoms in total. The topological polar surface area (TPSA) is 67.4 Å². The van der Waals surface area contributed by atoms with Gasteiger partial charge < -0.3 is 15.4 Å². The van der Waals surface area contributed by atoms with Crippen LogP contribution in [0.25, 0.3) is 0 Å². The molecule has 1 aliphatic carbocycles. The Hall–Kier alpha value is -2.34. The third-order valence-corrected chi connectivity index (χ3v) is 4.46. The lowest BCUT2D eigenvalue weighted by Gasteiger charge is -2.11. The Labute approximate surface area is 161 Å². The van der Waals surface area contributed by atoms with E-state index in [1.165, 1.54) is 0 Å². The second-order valence-corrected chi connectivity index (χ2v) is 7.17. The maximum absolute atomic E-state index is 12.3. The average Bonchev–Trinajstić information content (AvgIpc) is 3.43. The van der Waals surface area contributed by atoms with Crippen molar-refractivity contribution < 1.29 is 14.3 Å². The molecule has 1 aliphatic rings. The summed E-state index contributed by atoms with van der Waals surface area (Å²) in [6.07, 6.45) is 2.97. The summed E-state index contributed by atoms with van der Waals surface area (Å²) in [5.74, 6) is 0.498. The fraction of sp³-hybridized carbons (Fsp3) is 0.300. The lowest BCUT2D eigenvalue weighted by molar-refractivity contribution is -0.116. The summed E-state index contributed by atoms with van der Waals surface area (Å²) in [5.41, 5.74) is 1.04. The first-order valence-corrected chi connectivity index (χ1v) is 9.49. The molecule has 2 N–H and O–H groups in total. The Morgan fingerprint density at radius 2 is 1.92 bits per heavy atom. The number of amides is 2. The molecule has 26 heavy (non-hydrogen) atoms. The number of nitrogens with one attached hydrogen (secondary N) is 2. The highest BCUT2D eigenvalue weighted by Crippen LogP contribution is 2.22. The fourth-order valence-electron chi connectivity index (χ4n) is 2.47. The van der Waals surface area contributed by atoms with Crippen molar-refractivity contribution in [2.75, 3.05) is 11.9 Å². The molecule has 0 unspecified atom stereocenters. The van der Waals surface area contributed by atoms with Gasteiger partial charge in [-0.3, -0.25) is 9.59 Å². The van der Waals surface area contributed by atoms with E-state index in [1.807, 2.05) is 24.3 Å². The Morgan fingerprint density at radius 1 is 1.12 bits per heavy atom. The molecule has 0 radical (unpaired) electrons. The molecular weight excluding hydrogens is 396 g/mol. The van der Waals surface area contributed by atoms with Crippen LogP contribution < -0.4 is 15.4 Å². The average molecular weight is 417 g/mol. The van der Waals surface area contributed by atoms with E-state index < -0.39 is 0 Å². The molecule has 0 aliphatic heterocycles. The predicted molar refractivity (Wildman–Crippen MR) is 104 cm³/mol. The number of rotatable bonds is 8. The molecule has 0 saturated heterocycles. The molecule has 0 atom stereocenters. The normalized spacial score (nSPS) is 13.1. The summed E-state index contributed by atoms with van der Waals surface area (Å²) >= 11 is 3.39. The van der Waals surface area contributed by atoms with Crippen LogP contribution in [0.5, 0.6) is 5.75 Å². The fourth-order valence-corrected chi connectivity index (χ4v) is 2.85. The summed E-state index contributed by atoms with van der Waals surface area (Å²) < 4.78 is 6.58. The zero-order chi connectivity index (χ0) is 18.4. The van der Waals surface area contributed by atoms with Crippen LogP contribution in [0.2, 0.25) is 0 Å². The number of hydrogen-bond acceptors (Lipinski definition) is 3. The van der Waals surface area contributed by atoms with E-state index in [2.05, 4.69) is 26.6 Å². The van der Waals surface area contributed by atoms with Crippen molar-refractivity contribution in [3.8, 4) is 5.75 Å². The number of ether oxygens (including phenoxy) is 1. The van der Waals surface area contributed by atoms with Crippen molar-refractivity contribution >= 4 is 33.4 Å². The largest absolute Gasteiger partial charge is 0.494 e. The van der Waals surface area contributed by atoms with E-state index in [9.17, 15) is 9.59 Å². The van der Waals surface area contributed by atoms with Crippen LogP contribution in [0.4, 0.5) is 5.69 Å². The molecular formula is C20H21BrN2O3. The van der Waals surface area contributed by atoms with Crippen LogP contribution in [-0.2, 0) is 4.79 Å². The molecule has 136 valence electrons. The first-order valence-electron chi connectivity index (χ1n) is 8.70. The standard InChI is InChI=1S/C20H21BrN2O3/c21-14-5-3-6-16(13-14)26-12-4-9-19(24)23-18-8-2-1-7-17(18)20(25)22-15-10-11-15/h1-3,5-8,13,15H,4,9-12H2,(H,22,25)(H,23,24). The molecule has 3 rings (SSSR count). The molecule has 0 spiro atoms. The van der Waals surface area contributed by atoms with Crippen molar-refractivity contribution in [2.45, 2.75) is 31.7 Å². The molecule has 2 aromatic rings. The predicted octanol–water partition coefficient (Wildman–Crippen LogP) is 4.14. The summed E-state index contributed by atoms with van der Waals surface area (Å²) in [7, 11) is 0. The van der Waals surface area contributed by atoms with E-state index in [1.54, 1.807) is 24.3 Å². The van der Waals surface area contributed by atoms with Crippen LogP contribution in [0, 0.1) is 0 Å². The van der Waals surface area contributed by atoms with Crippen molar-refractivity contribution in [3.05, 3.63) is 58.6 Å². The van der Waals surface area contributed by atoms with Crippen LogP contribution in [0.3, 0.4) is 0 Å². The highest BCUT2D eigenvalue weighted by atomic mass is 79.9. The van der Waals surface area contributed by atoms with Gasteiger partial charge in [0.1, 0.15) is 5.75 Å². The van der Waals surface area contributed by atoms with Gasteiger partial charge in [0.2, 0.25) is 5.91 Å². The quantitative estimate of drug-likeness (QED) is 0.635. The smallest absolute Gasteiger partial charge is 0.253 e. The minimum Gasteiger partial charge on any atom is -0.494 e. The monoisotopic (exact) mass is 416 g/mol. The van der Waals surface area contributed by atoms with Crippen molar-refractivity contribution in [1.82, 2.24) is 5.32 Å². The molecule has 0 aromatic heterocycles. The van der Waals surface area contributed by atoms with E-state index in [4.69, 9.17) is 4.74 Å². The summed E-state index contributed by atoms with van der Waals surface area (Å²) in [6, 6.07) is 14.9. The Bertz CT molecular complexity index is 790. The molecule has 6 heteroatoms. The lowest BCUT2D eigenvalue weighted by atomic mass is 10.1. The van der Waals surface area contributed by atoms with E-state index in [-0.39, 0.29) is 17.9 Å². The molecule has 1 saturated carbocycles. The van der Waals surface area contributed by atoms with Gasteiger partial charge in [-0.1, -0.05) is 34.1 Å². The third-order valence-electron chi connectivity index (χ3n) is 3.97. The summed E-state index contributed by atoms with van der Waals surface area (Å²) in [6.45, 7) is 0.452. The third kappa shape index (κ3) is 5.59. The van der Waals surface area contributed by atoms with Gasteiger partial charge in [0.15, 0.2) is 0 Å². The molecule has 0 heterocycles. The van der Waals surface area contributed by atoms with E-state index in [0.717, 1.165) is 23.1 Å². The minimum absolute atomic E-state index is 0.130. The number of para-hydroxylation sites is 1. The van der Waals surface area contributed by atoms with Crippen molar-refractivity contribution in [2.24, 2.45) is 0 Å². The zero-order valence-electron chi connectivity index (χ0n) is 14.3. The van der Waals surface area contributed by atoms with Gasteiger partial charge in [0.05, 0.1) is 17.9 Å². The van der Waals surface area contributed by atoms with Crippen molar-refractivity contribution in [3.63, 3.8) is 0 Å². The SMILES string of the molecule is O=C(CCCOc1cccc(Br)c1)Nc1ccccc1C(=O)NC1CC1. The number of benzene rings is 2. The van der Waals surface area contributed by atoms with Gasteiger partial charge in [-0.05, 0) is 49.6 Å². The maximum Gasteiger partial charge on any atom is 0.253 e. The first kappa shape index (κ1) is 18.5. The number of carbonyl (C=O) groups is 2. The first-order chi connectivity index (χ1) is 12.6. The second kappa shape index (κ2) is 8.85. The maximum atomic E-state index is 12.3. The van der Waals surface area contributed by atoms with Gasteiger partial charge in [-0.15, -0.1) is 0 Å². The van der Waals surface area contributed by atoms with Gasteiger partial charge in [0, 0.05) is 16.9 Å². The highest BCUT2D eigenvalue weighted by molar-refractivity contribution is 9.10. The molecule has 2 aromatic carbocycles. The number of halogens is 1. The Kier molecular flexibility index (Phi) is 6.28. The van der Waals surface area contributed by atoms with E-state index in [0.29, 0.717) is 30.7 Å². The zero-order valence-corrected chi connectivity index (χ0v) is 15.9. The second-order valence-electron chi connectivity index (χ2n) is 6.25. The number of hydrogen-bond donors (Lipinski definition) is 2. The van der Waals surface area contributed by atoms with Crippen LogP contribution in [0.1, 0.15) is 36.0 Å². The van der Waals surface area contributed by atoms with E-state index >= 15 is 0 Å². The number of anilines is 1. The van der Waals surface area contributed by atoms with Crippen molar-refractivity contribution in [1.29, 1.82) is 0 Å². The number of carbonyl (C=O) groups excluding carboxylic acids is 2. The van der Waals surface area contributed by atoms with Gasteiger partial charge in [0.25, 0.3) is 5.91 Å². The van der Waals surface area contributed by atoms with Gasteiger partial charge in [-0.25, -0.2) is 0 Å². The summed E-state index contributed by atoms with van der Waals surface area (Å²) in [4.78, 5) is 24.4. The lowest BCUT2D eigenvalue weighted by Crippen LogP contribution is -2.27. The van der Waals surface area contributed by atoms with Gasteiger partial charge in [-0.2, -0.15) is 0 Å². The van der Waals surface area contributed by atoms with Crippen LogP contribution in [0.15, 0.2) is 53.0 Å². The summed E-state index contributed by atoms with van der Waals surface area (Å²) in [5, 5.41) is 5.77. The Morgan fingerprint density at radius 3 is 2.69 bits per heavy atom. The molecule has 2 amide bonds. The minimum atomic E-state index is -0.138. The molecule has 0 bridgehead atoms. The van der Waals surface area contributed by atoms with Crippen LogP contribution >= 0.6 is 15.9 Å². The van der Waals surface area contributed by atoms with Gasteiger partial charge >= 0.3 is 0 Å².